The molecule has 0 spiro atoms. The minimum absolute atomic E-state index is 0.234. The molecule has 0 bridgehead atoms. The van der Waals surface area contributed by atoms with Crippen LogP contribution in [0.4, 0.5) is 0 Å². The number of rotatable bonds is 3. The van der Waals surface area contributed by atoms with Crippen molar-refractivity contribution in [1.82, 2.24) is 0 Å². The van der Waals surface area contributed by atoms with E-state index in [-0.39, 0.29) is 5.41 Å². The number of hydrogen-bond donors (Lipinski definition) is 1. The molecule has 1 nitrogen and oxygen atoms in total. The molecule has 0 amide bonds. The van der Waals surface area contributed by atoms with E-state index in [0.29, 0.717) is 5.41 Å². The molecule has 1 fully saturated rings. The fourth-order valence-corrected chi connectivity index (χ4v) is 2.86. The Morgan fingerprint density at radius 2 is 1.89 bits per heavy atom. The molecule has 0 aliphatic heterocycles. The Morgan fingerprint density at radius 3 is 2.33 bits per heavy atom. The molecule has 2 N–H and O–H groups in total. The third-order valence-electron chi connectivity index (χ3n) is 4.63. The number of nitrogens with two attached hydrogens (primary N) is 1. The van der Waals surface area contributed by atoms with E-state index in [0.717, 1.165) is 6.54 Å². The van der Waals surface area contributed by atoms with E-state index in [1.54, 1.807) is 0 Å². The molecule has 1 aromatic rings. The summed E-state index contributed by atoms with van der Waals surface area (Å²) < 4.78 is 0. The molecule has 1 aliphatic rings. The van der Waals surface area contributed by atoms with Crippen LogP contribution in [0.5, 0.6) is 0 Å². The maximum absolute atomic E-state index is 5.99. The zero-order valence-corrected chi connectivity index (χ0v) is 12.3. The second kappa shape index (κ2) is 4.70. The van der Waals surface area contributed by atoms with Crippen LogP contribution in [-0.2, 0) is 11.8 Å². The highest BCUT2D eigenvalue weighted by Crippen LogP contribution is 2.43. The lowest BCUT2D eigenvalue weighted by Crippen LogP contribution is -2.39. The number of hydrogen-bond acceptors (Lipinski definition) is 1. The zero-order chi connectivity index (χ0) is 13.4. The Balaban J connectivity index is 2.27. The average Bonchev–Trinajstić information content (AvgIpc) is 2.24. The molecule has 18 heavy (non-hydrogen) atoms. The van der Waals surface area contributed by atoms with Gasteiger partial charge in [-0.2, -0.15) is 0 Å². The summed E-state index contributed by atoms with van der Waals surface area (Å²) in [6.45, 7) is 9.91. The molecule has 100 valence electrons. The van der Waals surface area contributed by atoms with E-state index in [4.69, 9.17) is 5.73 Å². The summed E-state index contributed by atoms with van der Waals surface area (Å²) in [6, 6.07) is 6.96. The van der Waals surface area contributed by atoms with Crippen molar-refractivity contribution in [3.8, 4) is 0 Å². The summed E-state index contributed by atoms with van der Waals surface area (Å²) in [5.41, 5.74) is 11.0. The molecule has 0 atom stereocenters. The van der Waals surface area contributed by atoms with Crippen LogP contribution in [0.25, 0.3) is 0 Å². The highest BCUT2D eigenvalue weighted by atomic mass is 14.6. The van der Waals surface area contributed by atoms with Crippen LogP contribution in [0.15, 0.2) is 18.2 Å². The van der Waals surface area contributed by atoms with Crippen molar-refractivity contribution in [2.45, 2.75) is 58.8 Å². The van der Waals surface area contributed by atoms with Gasteiger partial charge in [-0.25, -0.2) is 0 Å². The van der Waals surface area contributed by atoms with E-state index in [2.05, 4.69) is 45.9 Å². The van der Waals surface area contributed by atoms with Gasteiger partial charge in [-0.3, -0.25) is 0 Å². The molecule has 2 rings (SSSR count). The molecular weight excluding hydrogens is 218 g/mol. The first-order valence-corrected chi connectivity index (χ1v) is 7.16. The van der Waals surface area contributed by atoms with Crippen molar-refractivity contribution in [2.75, 3.05) is 6.54 Å². The lowest BCUT2D eigenvalue weighted by atomic mass is 9.65. The Morgan fingerprint density at radius 1 is 1.22 bits per heavy atom. The summed E-state index contributed by atoms with van der Waals surface area (Å²) in [5.74, 6) is 0. The number of benzene rings is 1. The van der Waals surface area contributed by atoms with Crippen molar-refractivity contribution >= 4 is 0 Å². The first kappa shape index (κ1) is 13.6. The maximum atomic E-state index is 5.99. The van der Waals surface area contributed by atoms with Crippen molar-refractivity contribution in [1.29, 1.82) is 0 Å². The van der Waals surface area contributed by atoms with Crippen LogP contribution in [-0.4, -0.2) is 6.54 Å². The van der Waals surface area contributed by atoms with Gasteiger partial charge in [0.15, 0.2) is 0 Å². The highest BCUT2D eigenvalue weighted by Gasteiger charge is 2.35. The fourth-order valence-electron chi connectivity index (χ4n) is 2.86. The SMILES string of the molecule is Cc1ccc(C(C)(C)C)cc1CC1(CN)CCC1. The zero-order valence-electron chi connectivity index (χ0n) is 12.3. The van der Waals surface area contributed by atoms with Gasteiger partial charge in [-0.15, -0.1) is 0 Å². The number of aryl methyl sites for hydroxylation is 1. The van der Waals surface area contributed by atoms with Gasteiger partial charge in [0.2, 0.25) is 0 Å². The van der Waals surface area contributed by atoms with Gasteiger partial charge >= 0.3 is 0 Å². The molecular formula is C17H27N. The lowest BCUT2D eigenvalue weighted by Gasteiger charge is -2.41. The minimum atomic E-state index is 0.234. The Kier molecular flexibility index (Phi) is 3.55. The van der Waals surface area contributed by atoms with E-state index < -0.39 is 0 Å². The fraction of sp³-hybridized carbons (Fsp3) is 0.647. The van der Waals surface area contributed by atoms with Crippen LogP contribution < -0.4 is 5.73 Å². The van der Waals surface area contributed by atoms with E-state index in [9.17, 15) is 0 Å². The van der Waals surface area contributed by atoms with E-state index in [1.165, 1.54) is 42.4 Å². The second-order valence-electron chi connectivity index (χ2n) is 7.13. The largest absolute Gasteiger partial charge is 0.330 e. The van der Waals surface area contributed by atoms with Crippen molar-refractivity contribution in [3.05, 3.63) is 34.9 Å². The predicted molar refractivity (Wildman–Crippen MR) is 78.9 cm³/mol. The van der Waals surface area contributed by atoms with Gasteiger partial charge < -0.3 is 5.73 Å². The van der Waals surface area contributed by atoms with E-state index >= 15 is 0 Å². The van der Waals surface area contributed by atoms with Crippen LogP contribution in [0, 0.1) is 12.3 Å². The summed E-state index contributed by atoms with van der Waals surface area (Å²) in [5, 5.41) is 0. The molecule has 1 saturated carbocycles. The van der Waals surface area contributed by atoms with Crippen LogP contribution in [0.3, 0.4) is 0 Å². The summed E-state index contributed by atoms with van der Waals surface area (Å²) in [7, 11) is 0. The molecule has 0 saturated heterocycles. The molecule has 0 heterocycles. The maximum Gasteiger partial charge on any atom is -0.00173 e. The standard InChI is InChI=1S/C17H27N/c1-13-6-7-15(16(2,3)4)10-14(13)11-17(12-18)8-5-9-17/h6-7,10H,5,8-9,11-12,18H2,1-4H3. The van der Waals surface area contributed by atoms with Crippen LogP contribution >= 0.6 is 0 Å². The smallest absolute Gasteiger partial charge is 0.00173 e. The average molecular weight is 245 g/mol. The molecule has 0 unspecified atom stereocenters. The third-order valence-corrected chi connectivity index (χ3v) is 4.63. The monoisotopic (exact) mass is 245 g/mol. The topological polar surface area (TPSA) is 26.0 Å². The second-order valence-corrected chi connectivity index (χ2v) is 7.13. The van der Waals surface area contributed by atoms with E-state index in [1.807, 2.05) is 0 Å². The Bertz CT molecular complexity index is 416. The predicted octanol–water partition coefficient (Wildman–Crippen LogP) is 3.96. The van der Waals surface area contributed by atoms with Gasteiger partial charge in [-0.05, 0) is 60.3 Å². The van der Waals surface area contributed by atoms with Crippen molar-refractivity contribution in [2.24, 2.45) is 11.1 Å². The van der Waals surface area contributed by atoms with Crippen molar-refractivity contribution < 1.29 is 0 Å². The molecule has 1 aromatic carbocycles. The minimum Gasteiger partial charge on any atom is -0.330 e. The van der Waals surface area contributed by atoms with Gasteiger partial charge in [0.25, 0.3) is 0 Å². The first-order chi connectivity index (χ1) is 8.36. The summed E-state index contributed by atoms with van der Waals surface area (Å²) >= 11 is 0. The Labute approximate surface area is 112 Å². The molecule has 1 heteroatoms. The normalized spacial score (nSPS) is 18.5. The van der Waals surface area contributed by atoms with Gasteiger partial charge in [0.05, 0.1) is 0 Å². The first-order valence-electron chi connectivity index (χ1n) is 7.16. The highest BCUT2D eigenvalue weighted by molar-refractivity contribution is 5.35. The van der Waals surface area contributed by atoms with Crippen molar-refractivity contribution in [3.63, 3.8) is 0 Å². The van der Waals surface area contributed by atoms with Crippen LogP contribution in [0.1, 0.15) is 56.7 Å². The molecule has 0 aromatic heterocycles. The van der Waals surface area contributed by atoms with Gasteiger partial charge in [0, 0.05) is 0 Å². The molecule has 1 aliphatic carbocycles. The third kappa shape index (κ3) is 2.61. The van der Waals surface area contributed by atoms with Gasteiger partial charge in [0.1, 0.15) is 0 Å². The summed E-state index contributed by atoms with van der Waals surface area (Å²) in [6.07, 6.45) is 5.14. The quantitative estimate of drug-likeness (QED) is 0.857. The molecule has 0 radical (unpaired) electrons. The summed E-state index contributed by atoms with van der Waals surface area (Å²) in [4.78, 5) is 0. The van der Waals surface area contributed by atoms with Crippen LogP contribution in [0.2, 0.25) is 0 Å². The van der Waals surface area contributed by atoms with Gasteiger partial charge in [-0.1, -0.05) is 45.4 Å². The Hall–Kier alpha value is -0.820. The lowest BCUT2D eigenvalue weighted by molar-refractivity contribution is 0.144.